The molecule has 0 fully saturated rings. The van der Waals surface area contributed by atoms with E-state index in [-0.39, 0.29) is 17.5 Å². The SMILES string of the molecule is CC(C)CCN1c2nc(Nc3ccc(C(=O)O)cc3)ncc2N(c2ccccc2)C(=O)C1C. The number of rotatable bonds is 7. The van der Waals surface area contributed by atoms with Crippen molar-refractivity contribution in [2.45, 2.75) is 33.2 Å². The van der Waals surface area contributed by atoms with Gasteiger partial charge in [-0.1, -0.05) is 32.0 Å². The number of nitrogens with zero attached hydrogens (tertiary/aromatic N) is 4. The van der Waals surface area contributed by atoms with Gasteiger partial charge >= 0.3 is 5.97 Å². The van der Waals surface area contributed by atoms with Crippen LogP contribution < -0.4 is 15.1 Å². The van der Waals surface area contributed by atoms with E-state index in [0.29, 0.717) is 35.6 Å². The van der Waals surface area contributed by atoms with Gasteiger partial charge in [-0.2, -0.15) is 4.98 Å². The van der Waals surface area contributed by atoms with Crippen LogP contribution in [0.15, 0.2) is 60.8 Å². The van der Waals surface area contributed by atoms with E-state index in [1.54, 1.807) is 23.2 Å². The first-order valence-electron chi connectivity index (χ1n) is 11.0. The lowest BCUT2D eigenvalue weighted by Crippen LogP contribution is -2.51. The fourth-order valence-electron chi connectivity index (χ4n) is 3.78. The molecule has 2 aromatic carbocycles. The van der Waals surface area contributed by atoms with Crippen LogP contribution in [0.25, 0.3) is 0 Å². The fraction of sp³-hybridized carbons (Fsp3) is 0.280. The summed E-state index contributed by atoms with van der Waals surface area (Å²) in [6.07, 6.45) is 2.58. The number of carbonyl (C=O) groups is 2. The summed E-state index contributed by atoms with van der Waals surface area (Å²) in [6.45, 7) is 6.91. The molecule has 1 aliphatic heterocycles. The van der Waals surface area contributed by atoms with E-state index < -0.39 is 5.97 Å². The molecule has 2 heterocycles. The number of carbonyl (C=O) groups excluding carboxylic acids is 1. The van der Waals surface area contributed by atoms with Crippen molar-refractivity contribution in [2.75, 3.05) is 21.7 Å². The Bertz CT molecular complexity index is 1150. The lowest BCUT2D eigenvalue weighted by atomic mass is 10.1. The Morgan fingerprint density at radius 1 is 1.12 bits per heavy atom. The van der Waals surface area contributed by atoms with Crippen molar-refractivity contribution in [2.24, 2.45) is 5.92 Å². The number of aromatic nitrogens is 2. The molecule has 0 spiro atoms. The number of carboxylic acid groups (broad SMARTS) is 1. The van der Waals surface area contributed by atoms with E-state index in [0.717, 1.165) is 12.1 Å². The van der Waals surface area contributed by atoms with Crippen LogP contribution in [0.4, 0.5) is 28.8 Å². The predicted octanol–water partition coefficient (Wildman–Crippen LogP) is 4.84. The molecule has 33 heavy (non-hydrogen) atoms. The van der Waals surface area contributed by atoms with E-state index >= 15 is 0 Å². The van der Waals surface area contributed by atoms with Crippen LogP contribution in [-0.4, -0.2) is 39.5 Å². The van der Waals surface area contributed by atoms with E-state index in [4.69, 9.17) is 10.1 Å². The number of fused-ring (bicyclic) bond motifs is 1. The van der Waals surface area contributed by atoms with Crippen LogP contribution in [0, 0.1) is 5.92 Å². The van der Waals surface area contributed by atoms with Crippen LogP contribution in [0.1, 0.15) is 37.6 Å². The van der Waals surface area contributed by atoms with Crippen molar-refractivity contribution in [1.82, 2.24) is 9.97 Å². The number of amides is 1. The number of nitrogens with one attached hydrogen (secondary N) is 1. The summed E-state index contributed by atoms with van der Waals surface area (Å²) in [4.78, 5) is 37.4. The maximum Gasteiger partial charge on any atom is 0.335 e. The summed E-state index contributed by atoms with van der Waals surface area (Å²) in [5.74, 6) is 0.542. The standard InChI is InChI=1S/C25H27N5O3/c1-16(2)13-14-29-17(3)23(31)30(20-7-5-4-6-8-20)21-15-26-25(28-22(21)29)27-19-11-9-18(10-12-19)24(32)33/h4-12,15-17H,13-14H2,1-3H3,(H,32,33)(H,26,27,28). The molecule has 1 aromatic heterocycles. The van der Waals surface area contributed by atoms with Crippen LogP contribution in [-0.2, 0) is 4.79 Å². The minimum Gasteiger partial charge on any atom is -0.478 e. The first-order valence-corrected chi connectivity index (χ1v) is 11.0. The second-order valence-corrected chi connectivity index (χ2v) is 8.47. The molecule has 0 radical (unpaired) electrons. The molecular weight excluding hydrogens is 418 g/mol. The second-order valence-electron chi connectivity index (χ2n) is 8.47. The maximum atomic E-state index is 13.4. The van der Waals surface area contributed by atoms with Crippen molar-refractivity contribution in [3.63, 3.8) is 0 Å². The van der Waals surface area contributed by atoms with Crippen LogP contribution in [0.2, 0.25) is 0 Å². The number of hydrogen-bond donors (Lipinski definition) is 2. The van der Waals surface area contributed by atoms with Crippen molar-refractivity contribution in [3.8, 4) is 0 Å². The summed E-state index contributed by atoms with van der Waals surface area (Å²) < 4.78 is 0. The van der Waals surface area contributed by atoms with Gasteiger partial charge in [-0.3, -0.25) is 9.69 Å². The van der Waals surface area contributed by atoms with Crippen LogP contribution >= 0.6 is 0 Å². The van der Waals surface area contributed by atoms with Gasteiger partial charge in [0.15, 0.2) is 5.82 Å². The average Bonchev–Trinajstić information content (AvgIpc) is 2.80. The Hall–Kier alpha value is -3.94. The first-order chi connectivity index (χ1) is 15.8. The lowest BCUT2D eigenvalue weighted by Gasteiger charge is -2.40. The smallest absolute Gasteiger partial charge is 0.335 e. The van der Waals surface area contributed by atoms with E-state index in [2.05, 4.69) is 24.1 Å². The third-order valence-corrected chi connectivity index (χ3v) is 5.66. The number of aromatic carboxylic acids is 1. The van der Waals surface area contributed by atoms with Gasteiger partial charge in [-0.05, 0) is 55.7 Å². The monoisotopic (exact) mass is 445 g/mol. The molecule has 3 aromatic rings. The second kappa shape index (κ2) is 9.28. The van der Waals surface area contributed by atoms with Gasteiger partial charge in [-0.25, -0.2) is 9.78 Å². The predicted molar refractivity (Wildman–Crippen MR) is 129 cm³/mol. The molecule has 8 heteroatoms. The highest BCUT2D eigenvalue weighted by molar-refractivity contribution is 6.09. The number of para-hydroxylation sites is 1. The average molecular weight is 446 g/mol. The highest BCUT2D eigenvalue weighted by Crippen LogP contribution is 2.39. The van der Waals surface area contributed by atoms with E-state index in [9.17, 15) is 9.59 Å². The molecule has 4 rings (SSSR count). The first kappa shape index (κ1) is 22.3. The van der Waals surface area contributed by atoms with Crippen molar-refractivity contribution < 1.29 is 14.7 Å². The molecule has 0 saturated heterocycles. The summed E-state index contributed by atoms with van der Waals surface area (Å²) in [6, 6.07) is 15.5. The molecular formula is C25H27N5O3. The topological polar surface area (TPSA) is 98.7 Å². The largest absolute Gasteiger partial charge is 0.478 e. The van der Waals surface area contributed by atoms with Gasteiger partial charge in [0.2, 0.25) is 5.95 Å². The minimum absolute atomic E-state index is 0.0222. The zero-order valence-electron chi connectivity index (χ0n) is 18.9. The van der Waals surface area contributed by atoms with Gasteiger partial charge in [0.25, 0.3) is 5.91 Å². The van der Waals surface area contributed by atoms with E-state index in [1.165, 1.54) is 12.1 Å². The van der Waals surface area contributed by atoms with Gasteiger partial charge in [0, 0.05) is 17.9 Å². The van der Waals surface area contributed by atoms with Crippen molar-refractivity contribution in [3.05, 3.63) is 66.4 Å². The van der Waals surface area contributed by atoms with Crippen molar-refractivity contribution in [1.29, 1.82) is 0 Å². The van der Waals surface area contributed by atoms with Gasteiger partial charge in [0.05, 0.1) is 11.8 Å². The van der Waals surface area contributed by atoms with Gasteiger partial charge < -0.3 is 15.3 Å². The maximum absolute atomic E-state index is 13.4. The van der Waals surface area contributed by atoms with Crippen LogP contribution in [0.5, 0.6) is 0 Å². The summed E-state index contributed by atoms with van der Waals surface area (Å²) >= 11 is 0. The molecule has 0 saturated carbocycles. The third kappa shape index (κ3) is 4.64. The molecule has 1 aliphatic rings. The minimum atomic E-state index is -0.980. The number of hydrogen-bond acceptors (Lipinski definition) is 6. The molecule has 0 bridgehead atoms. The number of anilines is 5. The quantitative estimate of drug-likeness (QED) is 0.537. The molecule has 1 amide bonds. The summed E-state index contributed by atoms with van der Waals surface area (Å²) in [5.41, 5.74) is 2.29. The Balaban J connectivity index is 1.72. The lowest BCUT2D eigenvalue weighted by molar-refractivity contribution is -0.119. The normalized spacial score (nSPS) is 15.5. The Morgan fingerprint density at radius 3 is 2.45 bits per heavy atom. The molecule has 1 atom stereocenters. The molecule has 1 unspecified atom stereocenters. The molecule has 0 aliphatic carbocycles. The Labute approximate surface area is 192 Å². The Kier molecular flexibility index (Phi) is 6.26. The van der Waals surface area contributed by atoms with Gasteiger partial charge in [0.1, 0.15) is 11.7 Å². The molecule has 170 valence electrons. The van der Waals surface area contributed by atoms with Gasteiger partial charge in [-0.15, -0.1) is 0 Å². The molecule has 2 N–H and O–H groups in total. The highest BCUT2D eigenvalue weighted by atomic mass is 16.4. The zero-order chi connectivity index (χ0) is 23.5. The number of benzene rings is 2. The fourth-order valence-corrected chi connectivity index (χ4v) is 3.78. The van der Waals surface area contributed by atoms with Crippen LogP contribution in [0.3, 0.4) is 0 Å². The Morgan fingerprint density at radius 2 is 1.82 bits per heavy atom. The molecule has 8 nitrogen and oxygen atoms in total. The van der Waals surface area contributed by atoms with E-state index in [1.807, 2.05) is 42.2 Å². The zero-order valence-corrected chi connectivity index (χ0v) is 18.9. The third-order valence-electron chi connectivity index (χ3n) is 5.66. The summed E-state index contributed by atoms with van der Waals surface area (Å²) in [5, 5.41) is 12.2. The van der Waals surface area contributed by atoms with Crippen molar-refractivity contribution >= 4 is 40.7 Å². The highest BCUT2D eigenvalue weighted by Gasteiger charge is 2.37. The number of carboxylic acids is 1. The summed E-state index contributed by atoms with van der Waals surface area (Å²) in [7, 11) is 0.